The number of fused-ring (bicyclic) bond motifs is 3. The maximum absolute atomic E-state index is 14.6. The van der Waals surface area contributed by atoms with Crippen molar-refractivity contribution in [1.82, 2.24) is 29.5 Å². The molecule has 0 unspecified atom stereocenters. The number of benzene rings is 1. The van der Waals surface area contributed by atoms with Gasteiger partial charge in [0.1, 0.15) is 23.7 Å². The highest BCUT2D eigenvalue weighted by molar-refractivity contribution is 7.91. The van der Waals surface area contributed by atoms with Crippen LogP contribution >= 0.6 is 0 Å². The second-order valence-corrected chi connectivity index (χ2v) is 17.2. The Morgan fingerprint density at radius 3 is 2.63 bits per heavy atom. The molecule has 2 aromatic heterocycles. The first-order valence-electron chi connectivity index (χ1n) is 18.1. The quantitative estimate of drug-likeness (QED) is 0.289. The summed E-state index contributed by atoms with van der Waals surface area (Å²) in [5.74, 6) is -1.88. The fourth-order valence-electron chi connectivity index (χ4n) is 7.33. The van der Waals surface area contributed by atoms with Crippen molar-refractivity contribution in [1.29, 1.82) is 0 Å². The Morgan fingerprint density at radius 2 is 1.88 bits per heavy atom. The summed E-state index contributed by atoms with van der Waals surface area (Å²) >= 11 is 0. The lowest BCUT2D eigenvalue weighted by atomic mass is 10.0. The van der Waals surface area contributed by atoms with Gasteiger partial charge in [-0.1, -0.05) is 43.2 Å². The molecule has 272 valence electrons. The Bertz CT molecular complexity index is 1940. The molecule has 0 radical (unpaired) electrons. The second-order valence-electron chi connectivity index (χ2n) is 15.0. The van der Waals surface area contributed by atoms with Gasteiger partial charge >= 0.3 is 0 Å². The molecule has 7 rings (SSSR count). The van der Waals surface area contributed by atoms with Gasteiger partial charge in [0.2, 0.25) is 21.8 Å². The van der Waals surface area contributed by atoms with E-state index in [9.17, 15) is 22.8 Å². The molecule has 3 aromatic rings. The molecule has 14 heteroatoms. The zero-order valence-corrected chi connectivity index (χ0v) is 30.2. The number of hydrogen-bond donors (Lipinski definition) is 3. The molecule has 13 nitrogen and oxygen atoms in total. The van der Waals surface area contributed by atoms with Crippen molar-refractivity contribution in [2.24, 2.45) is 5.92 Å². The molecule has 3 N–H and O–H groups in total. The molecule has 1 aromatic carbocycles. The standard InChI is InChI=1S/C37H47N7O6S/c1-24(2)44-31-22-38-19-16-28(31)40-35(44)50-27-20-30-32(45)41-37(34(47)42-51(48,49)36(3)17-18-36)21-25(37)12-8-5-4-6-11-15-29(33(46)43(30)23-27)39-26-13-9-7-10-14-26/h7-10,12-14,16,19,22,24-25,27,29-30,39H,4-6,11,15,17-18,20-21,23H2,1-3H3,(H,41,45)(H,42,47)/b12-8-/t25-,27-,29+,30+,37-/m1/s1. The Kier molecular flexibility index (Phi) is 9.32. The fraction of sp³-hybridized carbons (Fsp3) is 0.541. The predicted octanol–water partition coefficient (Wildman–Crippen LogP) is 4.23. The summed E-state index contributed by atoms with van der Waals surface area (Å²) in [4.78, 5) is 53.4. The lowest BCUT2D eigenvalue weighted by molar-refractivity contribution is -0.140. The van der Waals surface area contributed by atoms with Crippen LogP contribution in [0.15, 0.2) is 60.9 Å². The third-order valence-electron chi connectivity index (χ3n) is 10.8. The first-order valence-corrected chi connectivity index (χ1v) is 19.6. The summed E-state index contributed by atoms with van der Waals surface area (Å²) < 4.78 is 36.0. The van der Waals surface area contributed by atoms with Gasteiger partial charge in [0.05, 0.1) is 28.5 Å². The van der Waals surface area contributed by atoms with E-state index in [0.29, 0.717) is 25.3 Å². The highest BCUT2D eigenvalue weighted by Gasteiger charge is 2.63. The van der Waals surface area contributed by atoms with Crippen LogP contribution < -0.4 is 20.1 Å². The molecular weight excluding hydrogens is 671 g/mol. The molecule has 51 heavy (non-hydrogen) atoms. The number of pyridine rings is 1. The first-order chi connectivity index (χ1) is 24.4. The smallest absolute Gasteiger partial charge is 0.297 e. The maximum Gasteiger partial charge on any atom is 0.297 e. The summed E-state index contributed by atoms with van der Waals surface area (Å²) in [6.45, 7) is 5.78. The molecule has 2 aliphatic heterocycles. The number of carbonyl (C=O) groups is 3. The number of carbonyl (C=O) groups excluding carboxylic acids is 3. The largest absolute Gasteiger partial charge is 0.459 e. The molecule has 2 aliphatic carbocycles. The van der Waals surface area contributed by atoms with Gasteiger partial charge in [0.25, 0.3) is 11.9 Å². The first kappa shape index (κ1) is 35.0. The number of allylic oxidation sites excluding steroid dienone is 1. The molecular formula is C37H47N7O6S. The van der Waals surface area contributed by atoms with E-state index < -0.39 is 50.3 Å². The second kappa shape index (κ2) is 13.6. The number of ether oxygens (including phenoxy) is 1. The molecule has 4 aliphatic rings. The third-order valence-corrected chi connectivity index (χ3v) is 13.0. The number of sulfonamides is 1. The summed E-state index contributed by atoms with van der Waals surface area (Å²) in [5.41, 5.74) is 0.886. The molecule has 1 saturated heterocycles. The number of hydrogen-bond acceptors (Lipinski definition) is 9. The van der Waals surface area contributed by atoms with Crippen molar-refractivity contribution in [3.8, 4) is 6.01 Å². The average molecular weight is 718 g/mol. The van der Waals surface area contributed by atoms with Crippen LogP contribution in [0.1, 0.15) is 84.6 Å². The Hall–Kier alpha value is -4.46. The van der Waals surface area contributed by atoms with Crippen LogP contribution in [0.4, 0.5) is 5.69 Å². The summed E-state index contributed by atoms with van der Waals surface area (Å²) in [7, 11) is -3.94. The van der Waals surface area contributed by atoms with Gasteiger partial charge in [0, 0.05) is 30.3 Å². The third kappa shape index (κ3) is 6.94. The van der Waals surface area contributed by atoms with Gasteiger partial charge in [-0.3, -0.25) is 28.7 Å². The number of rotatable bonds is 8. The van der Waals surface area contributed by atoms with Gasteiger partial charge in [-0.15, -0.1) is 0 Å². The summed E-state index contributed by atoms with van der Waals surface area (Å²) in [6.07, 6.45) is 12.0. The van der Waals surface area contributed by atoms with Gasteiger partial charge in [-0.05, 0) is 77.5 Å². The minimum atomic E-state index is -3.94. The van der Waals surface area contributed by atoms with Crippen LogP contribution in [-0.2, 0) is 24.4 Å². The molecule has 2 saturated carbocycles. The number of nitrogens with zero attached hydrogens (tertiary/aromatic N) is 4. The van der Waals surface area contributed by atoms with E-state index >= 15 is 0 Å². The van der Waals surface area contributed by atoms with Crippen LogP contribution in [0.2, 0.25) is 0 Å². The SMILES string of the molecule is CC(C)n1c(O[C@@H]2C[C@H]3C(=O)N[C@]4(C(=O)NS(=O)(=O)C5(C)CC5)C[C@H]4/C=C\CCCCC[C@H](Nc4ccccc4)C(=O)N3C2)nc2ccncc21. The van der Waals surface area contributed by atoms with Crippen molar-refractivity contribution in [3.05, 3.63) is 60.9 Å². The molecule has 5 atom stereocenters. The van der Waals surface area contributed by atoms with Crippen molar-refractivity contribution < 1.29 is 27.5 Å². The lowest BCUT2D eigenvalue weighted by Gasteiger charge is -2.30. The van der Waals surface area contributed by atoms with E-state index in [4.69, 9.17) is 9.72 Å². The van der Waals surface area contributed by atoms with Gasteiger partial charge in [-0.2, -0.15) is 4.98 Å². The van der Waals surface area contributed by atoms with E-state index in [-0.39, 0.29) is 37.3 Å². The van der Waals surface area contributed by atoms with Gasteiger partial charge in [-0.25, -0.2) is 8.42 Å². The monoisotopic (exact) mass is 717 g/mol. The number of imidazole rings is 1. The van der Waals surface area contributed by atoms with Crippen molar-refractivity contribution in [2.45, 2.75) is 113 Å². The predicted molar refractivity (Wildman–Crippen MR) is 192 cm³/mol. The van der Waals surface area contributed by atoms with Crippen LogP contribution in [0.5, 0.6) is 6.01 Å². The van der Waals surface area contributed by atoms with Gasteiger partial charge < -0.3 is 20.3 Å². The topological polar surface area (TPSA) is 165 Å². The van der Waals surface area contributed by atoms with E-state index in [1.807, 2.05) is 67.0 Å². The molecule has 0 bridgehead atoms. The number of anilines is 1. The minimum Gasteiger partial charge on any atom is -0.459 e. The van der Waals surface area contributed by atoms with Crippen molar-refractivity contribution in [2.75, 3.05) is 11.9 Å². The van der Waals surface area contributed by atoms with Crippen LogP contribution in [0.3, 0.4) is 0 Å². The molecule has 3 fully saturated rings. The molecule has 4 heterocycles. The zero-order chi connectivity index (χ0) is 36.0. The maximum atomic E-state index is 14.6. The fourth-order valence-corrected chi connectivity index (χ4v) is 8.64. The van der Waals surface area contributed by atoms with E-state index in [1.165, 1.54) is 0 Å². The minimum absolute atomic E-state index is 0.00199. The van der Waals surface area contributed by atoms with Gasteiger partial charge in [0.15, 0.2) is 0 Å². The Balaban J connectivity index is 1.21. The number of amides is 3. The highest BCUT2D eigenvalue weighted by Crippen LogP contribution is 2.47. The van der Waals surface area contributed by atoms with Crippen LogP contribution in [0.25, 0.3) is 11.0 Å². The zero-order valence-electron chi connectivity index (χ0n) is 29.4. The Labute approximate surface area is 298 Å². The summed E-state index contributed by atoms with van der Waals surface area (Å²) in [6, 6.07) is 10.1. The molecule has 0 spiro atoms. The van der Waals surface area contributed by atoms with Crippen LogP contribution in [0, 0.1) is 5.92 Å². The van der Waals surface area contributed by atoms with E-state index in [0.717, 1.165) is 42.4 Å². The highest BCUT2D eigenvalue weighted by atomic mass is 32.2. The summed E-state index contributed by atoms with van der Waals surface area (Å²) in [5, 5.41) is 6.37. The number of aromatic nitrogens is 3. The van der Waals surface area contributed by atoms with Crippen molar-refractivity contribution in [3.63, 3.8) is 0 Å². The average Bonchev–Trinajstić information content (AvgIpc) is 3.92. The normalized spacial score (nSPS) is 28.5. The van der Waals surface area contributed by atoms with E-state index in [1.54, 1.807) is 24.2 Å². The van der Waals surface area contributed by atoms with Crippen LogP contribution in [-0.4, -0.2) is 80.6 Å². The number of nitrogens with one attached hydrogen (secondary N) is 3. The Morgan fingerprint density at radius 1 is 1.10 bits per heavy atom. The molecule has 3 amide bonds. The van der Waals surface area contributed by atoms with Crippen molar-refractivity contribution >= 4 is 44.5 Å². The lowest BCUT2D eigenvalue weighted by Crippen LogP contribution is -2.58. The van der Waals surface area contributed by atoms with E-state index in [2.05, 4.69) is 20.3 Å². The number of para-hydroxylation sites is 1.